The minimum atomic E-state index is -0.0779. The van der Waals surface area contributed by atoms with Gasteiger partial charge in [-0.15, -0.1) is 11.6 Å². The van der Waals surface area contributed by atoms with Crippen molar-refractivity contribution in [1.82, 2.24) is 19.3 Å². The molecule has 0 amide bonds. The van der Waals surface area contributed by atoms with Crippen molar-refractivity contribution in [3.05, 3.63) is 11.5 Å². The molecule has 0 N–H and O–H groups in total. The maximum Gasteiger partial charge on any atom is 0.159 e. The molecule has 0 bridgehead atoms. The lowest BCUT2D eigenvalue weighted by atomic mass is 9.92. The van der Waals surface area contributed by atoms with Gasteiger partial charge in [0.1, 0.15) is 11.3 Å². The summed E-state index contributed by atoms with van der Waals surface area (Å²) in [5, 5.41) is 4.55. The van der Waals surface area contributed by atoms with Gasteiger partial charge < -0.3 is 4.57 Å². The minimum Gasteiger partial charge on any atom is -0.309 e. The van der Waals surface area contributed by atoms with Gasteiger partial charge in [-0.3, -0.25) is 0 Å². The Labute approximate surface area is 131 Å². The molecule has 2 heterocycles. The van der Waals surface area contributed by atoms with Crippen molar-refractivity contribution in [2.75, 3.05) is 0 Å². The number of alkyl halides is 1. The molecular weight excluding hydrogens is 284 g/mol. The number of aryl methyl sites for hydroxylation is 2. The molecule has 1 aliphatic carbocycles. The molecule has 2 aromatic rings. The smallest absolute Gasteiger partial charge is 0.159 e. The Hall–Kier alpha value is -1.03. The van der Waals surface area contributed by atoms with E-state index in [1.165, 1.54) is 19.3 Å². The van der Waals surface area contributed by atoms with E-state index < -0.39 is 0 Å². The van der Waals surface area contributed by atoms with Crippen molar-refractivity contribution in [3.8, 4) is 0 Å². The molecular formula is C16H25ClN4. The van der Waals surface area contributed by atoms with Crippen LogP contribution in [0, 0.1) is 12.3 Å². The highest BCUT2D eigenvalue weighted by atomic mass is 35.5. The van der Waals surface area contributed by atoms with Crippen LogP contribution in [0.3, 0.4) is 0 Å². The van der Waals surface area contributed by atoms with Gasteiger partial charge in [-0.2, -0.15) is 5.10 Å². The summed E-state index contributed by atoms with van der Waals surface area (Å²) in [5.74, 6) is 0.997. The molecule has 0 aliphatic heterocycles. The molecule has 116 valence electrons. The summed E-state index contributed by atoms with van der Waals surface area (Å²) in [4.78, 5) is 4.82. The summed E-state index contributed by atoms with van der Waals surface area (Å²) in [6.07, 6.45) is 3.64. The minimum absolute atomic E-state index is 0.0779. The zero-order chi connectivity index (χ0) is 15.4. The van der Waals surface area contributed by atoms with Gasteiger partial charge in [0.2, 0.25) is 0 Å². The largest absolute Gasteiger partial charge is 0.309 e. The van der Waals surface area contributed by atoms with E-state index in [1.54, 1.807) is 0 Å². The molecule has 21 heavy (non-hydrogen) atoms. The maximum atomic E-state index is 6.42. The first-order valence-electron chi connectivity index (χ1n) is 7.93. The molecule has 2 atom stereocenters. The number of hydrogen-bond donors (Lipinski definition) is 0. The lowest BCUT2D eigenvalue weighted by Gasteiger charge is -2.21. The van der Waals surface area contributed by atoms with Gasteiger partial charge in [-0.25, -0.2) is 9.67 Å². The predicted octanol–water partition coefficient (Wildman–Crippen LogP) is 4.61. The lowest BCUT2D eigenvalue weighted by molar-refractivity contribution is 0.357. The van der Waals surface area contributed by atoms with Crippen LogP contribution in [0.15, 0.2) is 0 Å². The van der Waals surface area contributed by atoms with Crippen LogP contribution < -0.4 is 0 Å². The van der Waals surface area contributed by atoms with Gasteiger partial charge >= 0.3 is 0 Å². The second-order valence-corrected chi connectivity index (χ2v) is 7.74. The van der Waals surface area contributed by atoms with Gasteiger partial charge in [-0.05, 0) is 45.4 Å². The van der Waals surface area contributed by atoms with Crippen molar-refractivity contribution in [1.29, 1.82) is 0 Å². The van der Waals surface area contributed by atoms with Gasteiger partial charge in [-0.1, -0.05) is 13.8 Å². The Kier molecular flexibility index (Phi) is 3.55. The molecule has 1 saturated carbocycles. The molecule has 4 nitrogen and oxygen atoms in total. The highest BCUT2D eigenvalue weighted by molar-refractivity contribution is 6.20. The number of rotatable bonds is 3. The van der Waals surface area contributed by atoms with E-state index in [1.807, 2.05) is 13.8 Å². The third-order valence-corrected chi connectivity index (χ3v) is 4.93. The highest BCUT2D eigenvalue weighted by Crippen LogP contribution is 2.46. The van der Waals surface area contributed by atoms with Crippen molar-refractivity contribution in [3.63, 3.8) is 0 Å². The summed E-state index contributed by atoms with van der Waals surface area (Å²) in [6.45, 7) is 11.7. The summed E-state index contributed by atoms with van der Waals surface area (Å²) in [7, 11) is 0. The predicted molar refractivity (Wildman–Crippen MR) is 86.9 cm³/mol. The number of halogens is 1. The first kappa shape index (κ1) is 14.9. The molecule has 0 spiro atoms. The first-order valence-corrected chi connectivity index (χ1v) is 8.37. The summed E-state index contributed by atoms with van der Waals surface area (Å²) in [5.41, 5.74) is 3.57. The molecule has 1 aliphatic rings. The van der Waals surface area contributed by atoms with Crippen LogP contribution in [0.4, 0.5) is 0 Å². The summed E-state index contributed by atoms with van der Waals surface area (Å²) in [6, 6.07) is 0.489. The van der Waals surface area contributed by atoms with Gasteiger partial charge in [0, 0.05) is 12.6 Å². The number of hydrogen-bond acceptors (Lipinski definition) is 2. The standard InChI is InChI=1S/C16H25ClN4/c1-6-20-15-13(11(3)19-20)18-14(10(2)17)21(15)12-7-8-16(4,5)9-12/h10,12H,6-9H2,1-5H3. The number of nitrogens with zero attached hydrogens (tertiary/aromatic N) is 4. The molecule has 2 unspecified atom stereocenters. The maximum absolute atomic E-state index is 6.42. The first-order chi connectivity index (χ1) is 9.84. The number of imidazole rings is 1. The monoisotopic (exact) mass is 308 g/mol. The fraction of sp³-hybridized carbons (Fsp3) is 0.750. The average molecular weight is 309 g/mol. The van der Waals surface area contributed by atoms with Crippen LogP contribution in [0.2, 0.25) is 0 Å². The van der Waals surface area contributed by atoms with Crippen molar-refractivity contribution >= 4 is 22.8 Å². The average Bonchev–Trinajstić information content (AvgIpc) is 3.03. The Bertz CT molecular complexity index is 665. The molecule has 0 radical (unpaired) electrons. The molecule has 1 fully saturated rings. The zero-order valence-corrected chi connectivity index (χ0v) is 14.4. The van der Waals surface area contributed by atoms with E-state index in [9.17, 15) is 0 Å². The van der Waals surface area contributed by atoms with Crippen LogP contribution in [-0.4, -0.2) is 19.3 Å². The van der Waals surface area contributed by atoms with E-state index in [2.05, 4.69) is 35.1 Å². The van der Waals surface area contributed by atoms with E-state index >= 15 is 0 Å². The van der Waals surface area contributed by atoms with Crippen molar-refractivity contribution < 1.29 is 0 Å². The Morgan fingerprint density at radius 1 is 1.43 bits per heavy atom. The normalized spacial score (nSPS) is 23.0. The Morgan fingerprint density at radius 2 is 2.14 bits per heavy atom. The van der Waals surface area contributed by atoms with E-state index in [-0.39, 0.29) is 5.38 Å². The summed E-state index contributed by atoms with van der Waals surface area (Å²) < 4.78 is 4.46. The molecule has 2 aromatic heterocycles. The van der Waals surface area contributed by atoms with E-state index in [0.29, 0.717) is 11.5 Å². The van der Waals surface area contributed by atoms with Gasteiger partial charge in [0.25, 0.3) is 0 Å². The second-order valence-electron chi connectivity index (χ2n) is 7.09. The van der Waals surface area contributed by atoms with Gasteiger partial charge in [0.15, 0.2) is 5.65 Å². The Morgan fingerprint density at radius 3 is 2.67 bits per heavy atom. The van der Waals surface area contributed by atoms with Crippen LogP contribution in [0.1, 0.15) is 69.9 Å². The topological polar surface area (TPSA) is 35.6 Å². The third kappa shape index (κ3) is 2.37. The van der Waals surface area contributed by atoms with E-state index in [4.69, 9.17) is 16.6 Å². The zero-order valence-electron chi connectivity index (χ0n) is 13.6. The Balaban J connectivity index is 2.20. The van der Waals surface area contributed by atoms with Crippen LogP contribution in [-0.2, 0) is 6.54 Å². The highest BCUT2D eigenvalue weighted by Gasteiger charge is 2.35. The quantitative estimate of drug-likeness (QED) is 0.776. The molecule has 0 saturated heterocycles. The lowest BCUT2D eigenvalue weighted by Crippen LogP contribution is -2.15. The van der Waals surface area contributed by atoms with Crippen LogP contribution in [0.5, 0.6) is 0 Å². The second kappa shape index (κ2) is 5.01. The number of aromatic nitrogens is 4. The van der Waals surface area contributed by atoms with E-state index in [0.717, 1.165) is 29.2 Å². The summed E-state index contributed by atoms with van der Waals surface area (Å²) >= 11 is 6.42. The molecule has 3 rings (SSSR count). The van der Waals surface area contributed by atoms with Crippen molar-refractivity contribution in [2.45, 2.75) is 71.8 Å². The molecule has 0 aromatic carbocycles. The SMILES string of the molecule is CCn1nc(C)c2nc(C(C)Cl)n(C3CCC(C)(C)C3)c21. The van der Waals surface area contributed by atoms with Crippen molar-refractivity contribution in [2.24, 2.45) is 5.41 Å². The third-order valence-electron chi connectivity index (χ3n) is 4.73. The fourth-order valence-electron chi connectivity index (χ4n) is 3.69. The molecule has 5 heteroatoms. The van der Waals surface area contributed by atoms with Crippen LogP contribution >= 0.6 is 11.6 Å². The number of fused-ring (bicyclic) bond motifs is 1. The van der Waals surface area contributed by atoms with Crippen LogP contribution in [0.25, 0.3) is 11.2 Å². The van der Waals surface area contributed by atoms with Gasteiger partial charge in [0.05, 0.1) is 11.1 Å². The fourth-order valence-corrected chi connectivity index (χ4v) is 3.84.